The second-order valence-corrected chi connectivity index (χ2v) is 5.11. The average Bonchev–Trinajstić information content (AvgIpc) is 2.95. The molecule has 0 spiro atoms. The topological polar surface area (TPSA) is 74.2 Å². The highest BCUT2D eigenvalue weighted by Crippen LogP contribution is 2.22. The maximum absolute atomic E-state index is 11.8. The van der Waals surface area contributed by atoms with Crippen molar-refractivity contribution >= 4 is 27.9 Å². The van der Waals surface area contributed by atoms with E-state index in [1.807, 2.05) is 37.4 Å². The van der Waals surface area contributed by atoms with E-state index in [4.69, 9.17) is 10.00 Å². The van der Waals surface area contributed by atoms with E-state index in [-0.39, 0.29) is 18.9 Å². The summed E-state index contributed by atoms with van der Waals surface area (Å²) >= 11 is 1.33. The first-order valence-corrected chi connectivity index (χ1v) is 7.29. The number of benzene rings is 1. The quantitative estimate of drug-likeness (QED) is 0.860. The van der Waals surface area contributed by atoms with E-state index in [1.54, 1.807) is 11.4 Å². The number of anilines is 2. The summed E-state index contributed by atoms with van der Waals surface area (Å²) in [7, 11) is 1.85. The Morgan fingerprint density at radius 1 is 1.33 bits per heavy atom. The van der Waals surface area contributed by atoms with Gasteiger partial charge in [-0.3, -0.25) is 4.79 Å². The molecule has 0 radical (unpaired) electrons. The van der Waals surface area contributed by atoms with E-state index in [0.717, 1.165) is 11.4 Å². The molecule has 2 N–H and O–H groups in total. The summed E-state index contributed by atoms with van der Waals surface area (Å²) in [5.41, 5.74) is 1.48. The van der Waals surface area contributed by atoms with E-state index < -0.39 is 0 Å². The molecule has 0 unspecified atom stereocenters. The minimum atomic E-state index is -0.166. The van der Waals surface area contributed by atoms with Crippen LogP contribution in [0.25, 0.3) is 0 Å². The number of nitriles is 1. The molecule has 0 atom stereocenters. The molecule has 0 saturated heterocycles. The minimum Gasteiger partial charge on any atom is -0.493 e. The fourth-order valence-electron chi connectivity index (χ4n) is 1.66. The molecule has 1 amide bonds. The fraction of sp³-hybridized carbons (Fsp3) is 0.200. The van der Waals surface area contributed by atoms with Crippen LogP contribution in [0.5, 0.6) is 5.75 Å². The van der Waals surface area contributed by atoms with Gasteiger partial charge in [-0.05, 0) is 35.7 Å². The Morgan fingerprint density at radius 3 is 2.76 bits per heavy atom. The molecule has 0 aliphatic rings. The van der Waals surface area contributed by atoms with Gasteiger partial charge in [0.05, 0.1) is 18.6 Å². The van der Waals surface area contributed by atoms with Crippen molar-refractivity contribution in [2.24, 2.45) is 0 Å². The van der Waals surface area contributed by atoms with Crippen molar-refractivity contribution in [3.63, 3.8) is 0 Å². The van der Waals surface area contributed by atoms with Crippen LogP contribution in [0.1, 0.15) is 12.0 Å². The molecule has 1 heterocycles. The highest BCUT2D eigenvalue weighted by molar-refractivity contribution is 7.14. The van der Waals surface area contributed by atoms with Crippen LogP contribution in [-0.2, 0) is 4.79 Å². The lowest BCUT2D eigenvalue weighted by molar-refractivity contribution is -0.116. The maximum Gasteiger partial charge on any atom is 0.228 e. The second kappa shape index (κ2) is 7.31. The van der Waals surface area contributed by atoms with Gasteiger partial charge in [0.2, 0.25) is 5.91 Å². The van der Waals surface area contributed by atoms with Crippen LogP contribution in [0.4, 0.5) is 10.7 Å². The molecule has 1 aromatic heterocycles. The van der Waals surface area contributed by atoms with Crippen LogP contribution in [0.3, 0.4) is 0 Å². The predicted octanol–water partition coefficient (Wildman–Crippen LogP) is 3.07. The Kier molecular flexibility index (Phi) is 5.18. The van der Waals surface area contributed by atoms with Crippen molar-refractivity contribution in [3.8, 4) is 11.8 Å². The van der Waals surface area contributed by atoms with Crippen LogP contribution in [0.2, 0.25) is 0 Å². The zero-order chi connectivity index (χ0) is 15.1. The van der Waals surface area contributed by atoms with Crippen molar-refractivity contribution in [2.45, 2.75) is 6.42 Å². The number of amides is 1. The highest BCUT2D eigenvalue weighted by Gasteiger charge is 2.08. The first kappa shape index (κ1) is 14.9. The molecule has 0 aliphatic heterocycles. The van der Waals surface area contributed by atoms with E-state index in [0.29, 0.717) is 10.6 Å². The second-order valence-electron chi connectivity index (χ2n) is 4.20. The Morgan fingerprint density at radius 2 is 2.10 bits per heavy atom. The summed E-state index contributed by atoms with van der Waals surface area (Å²) in [6, 6.07) is 11.2. The number of thiophene rings is 1. The number of ether oxygens (including phenoxy) is 1. The van der Waals surface area contributed by atoms with E-state index in [1.165, 1.54) is 11.3 Å². The Hall–Kier alpha value is -2.52. The smallest absolute Gasteiger partial charge is 0.228 e. The summed E-state index contributed by atoms with van der Waals surface area (Å²) in [4.78, 5) is 11.8. The van der Waals surface area contributed by atoms with Crippen LogP contribution in [0.15, 0.2) is 35.7 Å². The number of nitrogens with one attached hydrogen (secondary N) is 2. The van der Waals surface area contributed by atoms with Crippen molar-refractivity contribution in [2.75, 3.05) is 24.3 Å². The zero-order valence-corrected chi connectivity index (χ0v) is 12.4. The lowest BCUT2D eigenvalue weighted by Gasteiger charge is -2.07. The maximum atomic E-state index is 11.8. The summed E-state index contributed by atoms with van der Waals surface area (Å²) in [6.45, 7) is 0.290. The molecule has 2 aromatic rings. The zero-order valence-electron chi connectivity index (χ0n) is 11.6. The summed E-state index contributed by atoms with van der Waals surface area (Å²) in [5, 5.41) is 17.0. The lowest BCUT2D eigenvalue weighted by Crippen LogP contribution is -2.15. The van der Waals surface area contributed by atoms with Crippen LogP contribution in [-0.4, -0.2) is 19.6 Å². The molecule has 21 heavy (non-hydrogen) atoms. The van der Waals surface area contributed by atoms with Crippen LogP contribution in [0, 0.1) is 11.3 Å². The normalized spacial score (nSPS) is 9.71. The van der Waals surface area contributed by atoms with Crippen molar-refractivity contribution in [3.05, 3.63) is 41.3 Å². The van der Waals surface area contributed by atoms with Crippen molar-refractivity contribution < 1.29 is 9.53 Å². The summed E-state index contributed by atoms with van der Waals surface area (Å²) < 4.78 is 5.50. The third-order valence-electron chi connectivity index (χ3n) is 2.78. The van der Waals surface area contributed by atoms with Gasteiger partial charge in [-0.25, -0.2) is 0 Å². The van der Waals surface area contributed by atoms with Gasteiger partial charge in [0.15, 0.2) is 0 Å². The number of hydrogen-bond acceptors (Lipinski definition) is 5. The van der Waals surface area contributed by atoms with Gasteiger partial charge in [0.25, 0.3) is 0 Å². The van der Waals surface area contributed by atoms with Gasteiger partial charge in [0, 0.05) is 12.7 Å². The number of hydrogen-bond donors (Lipinski definition) is 2. The monoisotopic (exact) mass is 301 g/mol. The van der Waals surface area contributed by atoms with Crippen molar-refractivity contribution in [1.29, 1.82) is 5.26 Å². The third-order valence-corrected chi connectivity index (χ3v) is 3.61. The van der Waals surface area contributed by atoms with Crippen LogP contribution < -0.4 is 15.4 Å². The first-order valence-electron chi connectivity index (χ1n) is 6.41. The average molecular weight is 301 g/mol. The molecule has 0 saturated carbocycles. The van der Waals surface area contributed by atoms with Gasteiger partial charge in [-0.1, -0.05) is 0 Å². The first-order chi connectivity index (χ1) is 10.2. The van der Waals surface area contributed by atoms with Gasteiger partial charge in [-0.2, -0.15) is 5.26 Å². The van der Waals surface area contributed by atoms with Gasteiger partial charge in [-0.15, -0.1) is 11.3 Å². The van der Waals surface area contributed by atoms with Crippen LogP contribution >= 0.6 is 11.3 Å². The molecule has 0 bridgehead atoms. The summed E-state index contributed by atoms with van der Waals surface area (Å²) in [5.74, 6) is 0.552. The van der Waals surface area contributed by atoms with Gasteiger partial charge in [0.1, 0.15) is 16.8 Å². The molecular formula is C15H15N3O2S. The Labute approximate surface area is 127 Å². The number of nitrogens with zero attached hydrogens (tertiary/aromatic N) is 1. The third kappa shape index (κ3) is 4.23. The summed E-state index contributed by atoms with van der Waals surface area (Å²) in [6.07, 6.45) is 0.233. The van der Waals surface area contributed by atoms with E-state index in [2.05, 4.69) is 10.6 Å². The molecule has 0 aliphatic carbocycles. The van der Waals surface area contributed by atoms with Gasteiger partial charge >= 0.3 is 0 Å². The molecule has 108 valence electrons. The Balaban J connectivity index is 1.78. The Bertz CT molecular complexity index is 644. The highest BCUT2D eigenvalue weighted by atomic mass is 32.1. The van der Waals surface area contributed by atoms with E-state index >= 15 is 0 Å². The standard InChI is InChI=1S/C15H15N3O2S/c1-17-12-2-4-13(5-3-12)20-8-6-14(19)18-15-11(10-16)7-9-21-15/h2-5,7,9,17H,6,8H2,1H3,(H,18,19). The molecular weight excluding hydrogens is 286 g/mol. The molecule has 1 aromatic carbocycles. The lowest BCUT2D eigenvalue weighted by atomic mass is 10.3. The number of carbonyl (C=O) groups excluding carboxylic acids is 1. The molecule has 2 rings (SSSR count). The number of rotatable bonds is 6. The molecule has 6 heteroatoms. The minimum absolute atomic E-state index is 0.166. The van der Waals surface area contributed by atoms with Crippen molar-refractivity contribution in [1.82, 2.24) is 0 Å². The SMILES string of the molecule is CNc1ccc(OCCC(=O)Nc2sccc2C#N)cc1. The molecule has 5 nitrogen and oxygen atoms in total. The fourth-order valence-corrected chi connectivity index (χ4v) is 2.42. The largest absolute Gasteiger partial charge is 0.493 e. The van der Waals surface area contributed by atoms with E-state index in [9.17, 15) is 4.79 Å². The van der Waals surface area contributed by atoms with Gasteiger partial charge < -0.3 is 15.4 Å². The molecule has 0 fully saturated rings. The predicted molar refractivity (Wildman–Crippen MR) is 83.8 cm³/mol. The number of carbonyl (C=O) groups is 1.